The number of amides is 1. The molecule has 0 unspecified atom stereocenters. The fourth-order valence-electron chi connectivity index (χ4n) is 3.92. The van der Waals surface area contributed by atoms with E-state index in [9.17, 15) is 4.79 Å². The zero-order valence-electron chi connectivity index (χ0n) is 13.7. The molecule has 1 amide bonds. The second kappa shape index (κ2) is 5.94. The fourth-order valence-corrected chi connectivity index (χ4v) is 3.92. The normalized spacial score (nSPS) is 25.6. The molecule has 2 bridgehead atoms. The maximum absolute atomic E-state index is 11.9. The summed E-state index contributed by atoms with van der Waals surface area (Å²) < 4.78 is 8.14. The van der Waals surface area contributed by atoms with Gasteiger partial charge in [0, 0.05) is 43.7 Å². The summed E-state index contributed by atoms with van der Waals surface area (Å²) in [7, 11) is 1.91. The number of nitrogens with one attached hydrogen (secondary N) is 1. The van der Waals surface area contributed by atoms with Crippen LogP contribution in [0.25, 0.3) is 11.3 Å². The highest BCUT2D eigenvalue weighted by molar-refractivity contribution is 5.96. The van der Waals surface area contributed by atoms with Gasteiger partial charge < -0.3 is 20.4 Å². The van der Waals surface area contributed by atoms with E-state index in [1.165, 1.54) is 12.8 Å². The van der Waals surface area contributed by atoms with Gasteiger partial charge in [0.05, 0.1) is 17.6 Å². The van der Waals surface area contributed by atoms with Gasteiger partial charge in [-0.1, -0.05) is 0 Å². The maximum atomic E-state index is 11.9. The Morgan fingerprint density at radius 3 is 2.71 bits per heavy atom. The van der Waals surface area contributed by atoms with E-state index in [0.29, 0.717) is 23.1 Å². The number of carbonyl (C=O) groups is 1. The van der Waals surface area contributed by atoms with Crippen LogP contribution in [0.5, 0.6) is 5.75 Å². The van der Waals surface area contributed by atoms with Crippen molar-refractivity contribution in [2.45, 2.75) is 18.9 Å². The first-order valence-corrected chi connectivity index (χ1v) is 8.41. The average Bonchev–Trinajstić information content (AvgIpc) is 3.07. The molecule has 0 spiro atoms. The Morgan fingerprint density at radius 2 is 2.08 bits per heavy atom. The number of benzene rings is 1. The lowest BCUT2D eigenvalue weighted by atomic mass is 9.96. The number of carbonyl (C=O) groups excluding carboxylic acids is 1. The quantitative estimate of drug-likeness (QED) is 0.893. The number of rotatable bonds is 4. The molecule has 2 heterocycles. The van der Waals surface area contributed by atoms with Crippen LogP contribution in [-0.4, -0.2) is 34.7 Å². The van der Waals surface area contributed by atoms with Crippen molar-refractivity contribution in [3.63, 3.8) is 0 Å². The largest absolute Gasteiger partial charge is 0.489 e. The van der Waals surface area contributed by atoms with Crippen LogP contribution >= 0.6 is 0 Å². The second-order valence-electron chi connectivity index (χ2n) is 6.84. The zero-order chi connectivity index (χ0) is 16.7. The zero-order valence-corrected chi connectivity index (χ0v) is 13.7. The minimum absolute atomic E-state index is 0.171. The Bertz CT molecular complexity index is 754. The molecule has 126 valence electrons. The molecule has 4 rings (SSSR count). The highest BCUT2D eigenvalue weighted by atomic mass is 16.5. The third-order valence-corrected chi connectivity index (χ3v) is 5.16. The first-order chi connectivity index (χ1) is 11.6. The topological polar surface area (TPSA) is 82.2 Å². The van der Waals surface area contributed by atoms with Crippen molar-refractivity contribution in [1.29, 1.82) is 0 Å². The SMILES string of the molecule is Cn1cnc(-c2ccc(O[C@H]3[C@@H]4CC[C@H]3CNC4)c(C(N)=O)c2)c1. The number of nitrogens with zero attached hydrogens (tertiary/aromatic N) is 2. The van der Waals surface area contributed by atoms with Crippen LogP contribution in [0.4, 0.5) is 0 Å². The third-order valence-electron chi connectivity index (χ3n) is 5.16. The van der Waals surface area contributed by atoms with E-state index in [1.54, 1.807) is 12.4 Å². The van der Waals surface area contributed by atoms with Crippen LogP contribution in [0.3, 0.4) is 0 Å². The number of aromatic nitrogens is 2. The Hall–Kier alpha value is -2.34. The van der Waals surface area contributed by atoms with Crippen molar-refractivity contribution in [3.8, 4) is 17.0 Å². The number of aryl methyl sites for hydroxylation is 1. The summed E-state index contributed by atoms with van der Waals surface area (Å²) in [5, 5.41) is 3.45. The maximum Gasteiger partial charge on any atom is 0.252 e. The Labute approximate surface area is 141 Å². The first kappa shape index (κ1) is 15.2. The van der Waals surface area contributed by atoms with Gasteiger partial charge in [-0.15, -0.1) is 0 Å². The molecule has 2 fully saturated rings. The van der Waals surface area contributed by atoms with Crippen LogP contribution < -0.4 is 15.8 Å². The van der Waals surface area contributed by atoms with Crippen molar-refractivity contribution in [2.75, 3.05) is 13.1 Å². The summed E-state index contributed by atoms with van der Waals surface area (Å²) in [5.74, 6) is 1.15. The lowest BCUT2D eigenvalue weighted by Gasteiger charge is -2.31. The van der Waals surface area contributed by atoms with Crippen LogP contribution in [0.15, 0.2) is 30.7 Å². The van der Waals surface area contributed by atoms with Gasteiger partial charge in [0.25, 0.3) is 5.91 Å². The number of hydrogen-bond donors (Lipinski definition) is 2. The van der Waals surface area contributed by atoms with Crippen molar-refractivity contribution < 1.29 is 9.53 Å². The number of primary amides is 1. The summed E-state index contributed by atoms with van der Waals surface area (Å²) in [6, 6.07) is 5.57. The average molecular weight is 326 g/mol. The summed E-state index contributed by atoms with van der Waals surface area (Å²) in [4.78, 5) is 16.3. The van der Waals surface area contributed by atoms with E-state index in [2.05, 4.69) is 10.3 Å². The predicted octanol–water partition coefficient (Wildman–Crippen LogP) is 1.56. The van der Waals surface area contributed by atoms with Gasteiger partial charge in [-0.2, -0.15) is 0 Å². The van der Waals surface area contributed by atoms with Gasteiger partial charge in [0.15, 0.2) is 0 Å². The lowest BCUT2D eigenvalue weighted by molar-refractivity contribution is 0.0882. The third kappa shape index (κ3) is 2.67. The monoisotopic (exact) mass is 326 g/mol. The molecule has 1 aromatic heterocycles. The number of fused-ring (bicyclic) bond motifs is 2. The molecule has 1 aromatic carbocycles. The molecule has 0 radical (unpaired) electrons. The molecular formula is C18H22N4O2. The van der Waals surface area contributed by atoms with Gasteiger partial charge in [-0.05, 0) is 31.0 Å². The number of nitrogens with two attached hydrogens (primary N) is 1. The minimum atomic E-state index is -0.468. The molecule has 1 aliphatic heterocycles. The summed E-state index contributed by atoms with van der Waals surface area (Å²) in [6.07, 6.45) is 6.18. The predicted molar refractivity (Wildman–Crippen MR) is 90.7 cm³/mol. The fraction of sp³-hybridized carbons (Fsp3) is 0.444. The molecule has 2 aliphatic rings. The minimum Gasteiger partial charge on any atom is -0.489 e. The summed E-state index contributed by atoms with van der Waals surface area (Å²) in [5.41, 5.74) is 7.71. The molecule has 1 aliphatic carbocycles. The van der Waals surface area contributed by atoms with E-state index in [1.807, 2.05) is 29.9 Å². The van der Waals surface area contributed by atoms with Gasteiger partial charge in [0.1, 0.15) is 11.9 Å². The molecule has 6 heteroatoms. The van der Waals surface area contributed by atoms with E-state index in [-0.39, 0.29) is 6.10 Å². The molecule has 1 saturated carbocycles. The molecule has 24 heavy (non-hydrogen) atoms. The Balaban J connectivity index is 1.64. The molecular weight excluding hydrogens is 304 g/mol. The molecule has 6 nitrogen and oxygen atoms in total. The van der Waals surface area contributed by atoms with E-state index >= 15 is 0 Å². The number of hydrogen-bond acceptors (Lipinski definition) is 4. The van der Waals surface area contributed by atoms with E-state index in [4.69, 9.17) is 10.5 Å². The van der Waals surface area contributed by atoms with Crippen molar-refractivity contribution in [1.82, 2.24) is 14.9 Å². The molecule has 3 atom stereocenters. The standard InChI is InChI=1S/C18H22N4O2/c1-22-9-15(21-10-22)11-4-5-16(14(6-11)18(19)23)24-17-12-2-3-13(17)8-20-7-12/h4-6,9-10,12-13,17,20H,2-3,7-8H2,1H3,(H2,19,23)/t12-,13+,17+. The van der Waals surface area contributed by atoms with Crippen LogP contribution in [0.2, 0.25) is 0 Å². The number of imidazole rings is 1. The lowest BCUT2D eigenvalue weighted by Crippen LogP contribution is -2.44. The Kier molecular flexibility index (Phi) is 3.76. The molecule has 2 aromatic rings. The van der Waals surface area contributed by atoms with Crippen LogP contribution in [0, 0.1) is 11.8 Å². The summed E-state index contributed by atoms with van der Waals surface area (Å²) >= 11 is 0. The van der Waals surface area contributed by atoms with Gasteiger partial charge in [0.2, 0.25) is 0 Å². The smallest absolute Gasteiger partial charge is 0.252 e. The van der Waals surface area contributed by atoms with Crippen LogP contribution in [0.1, 0.15) is 23.2 Å². The highest BCUT2D eigenvalue weighted by Gasteiger charge is 2.41. The van der Waals surface area contributed by atoms with E-state index < -0.39 is 5.91 Å². The first-order valence-electron chi connectivity index (χ1n) is 8.41. The van der Waals surface area contributed by atoms with Crippen molar-refractivity contribution in [3.05, 3.63) is 36.3 Å². The molecule has 1 saturated heterocycles. The molecule has 3 N–H and O–H groups in total. The summed E-state index contributed by atoms with van der Waals surface area (Å²) in [6.45, 7) is 1.97. The van der Waals surface area contributed by atoms with Gasteiger partial charge in [-0.3, -0.25) is 4.79 Å². The van der Waals surface area contributed by atoms with Crippen molar-refractivity contribution in [2.24, 2.45) is 24.6 Å². The highest BCUT2D eigenvalue weighted by Crippen LogP contribution is 2.38. The van der Waals surface area contributed by atoms with Gasteiger partial charge >= 0.3 is 0 Å². The number of ether oxygens (including phenoxy) is 1. The van der Waals surface area contributed by atoms with E-state index in [0.717, 1.165) is 24.3 Å². The second-order valence-corrected chi connectivity index (χ2v) is 6.84. The Morgan fingerprint density at radius 1 is 1.33 bits per heavy atom. The van der Waals surface area contributed by atoms with Crippen molar-refractivity contribution >= 4 is 5.91 Å². The van der Waals surface area contributed by atoms with Gasteiger partial charge in [-0.25, -0.2) is 4.98 Å². The van der Waals surface area contributed by atoms with Crippen LogP contribution in [-0.2, 0) is 7.05 Å². The number of piperidine rings is 1.